The van der Waals surface area contributed by atoms with Crippen LogP contribution in [0, 0.1) is 5.92 Å². The summed E-state index contributed by atoms with van der Waals surface area (Å²) in [6, 6.07) is 3.38. The van der Waals surface area contributed by atoms with Crippen molar-refractivity contribution >= 4 is 5.91 Å². The molecule has 0 bridgehead atoms. The quantitative estimate of drug-likeness (QED) is 0.865. The summed E-state index contributed by atoms with van der Waals surface area (Å²) >= 11 is 0. The fourth-order valence-electron chi connectivity index (χ4n) is 2.99. The Morgan fingerprint density at radius 3 is 3.00 bits per heavy atom. The van der Waals surface area contributed by atoms with Gasteiger partial charge in [0.15, 0.2) is 5.82 Å². The van der Waals surface area contributed by atoms with Gasteiger partial charge in [-0.25, -0.2) is 0 Å². The van der Waals surface area contributed by atoms with Crippen LogP contribution in [0.5, 0.6) is 0 Å². The SMILES string of the molecule is CC(C)C[C@H](NC(=O)c1cccnc1)c1nnc2n1CCNCC2. The Morgan fingerprint density at radius 1 is 1.38 bits per heavy atom. The van der Waals surface area contributed by atoms with E-state index in [0.717, 1.165) is 44.1 Å². The number of amides is 1. The van der Waals surface area contributed by atoms with Gasteiger partial charge in [0.2, 0.25) is 0 Å². The van der Waals surface area contributed by atoms with Crippen LogP contribution in [0.25, 0.3) is 0 Å². The van der Waals surface area contributed by atoms with Crippen LogP contribution < -0.4 is 10.6 Å². The van der Waals surface area contributed by atoms with Crippen molar-refractivity contribution in [1.82, 2.24) is 30.4 Å². The summed E-state index contributed by atoms with van der Waals surface area (Å²) in [4.78, 5) is 16.6. The molecule has 1 aliphatic heterocycles. The number of carbonyl (C=O) groups excluding carboxylic acids is 1. The van der Waals surface area contributed by atoms with Crippen LogP contribution in [-0.2, 0) is 13.0 Å². The normalized spacial score (nSPS) is 15.6. The molecule has 0 unspecified atom stereocenters. The minimum absolute atomic E-state index is 0.127. The van der Waals surface area contributed by atoms with Crippen LogP contribution in [-0.4, -0.2) is 38.7 Å². The lowest BCUT2D eigenvalue weighted by molar-refractivity contribution is 0.0928. The lowest BCUT2D eigenvalue weighted by Gasteiger charge is -2.21. The van der Waals surface area contributed by atoms with Gasteiger partial charge in [-0.05, 0) is 24.5 Å². The summed E-state index contributed by atoms with van der Waals surface area (Å²) < 4.78 is 2.15. The van der Waals surface area contributed by atoms with Gasteiger partial charge in [-0.3, -0.25) is 9.78 Å². The Hall–Kier alpha value is -2.28. The van der Waals surface area contributed by atoms with Crippen molar-refractivity contribution in [3.63, 3.8) is 0 Å². The van der Waals surface area contributed by atoms with Crippen molar-refractivity contribution in [3.05, 3.63) is 41.7 Å². The minimum atomic E-state index is -0.156. The molecule has 1 amide bonds. The molecule has 2 aromatic rings. The number of nitrogens with one attached hydrogen (secondary N) is 2. The Kier molecular flexibility index (Phi) is 5.20. The van der Waals surface area contributed by atoms with Crippen LogP contribution in [0.2, 0.25) is 0 Å². The smallest absolute Gasteiger partial charge is 0.253 e. The highest BCUT2D eigenvalue weighted by Crippen LogP contribution is 2.22. The Labute approximate surface area is 141 Å². The number of pyridine rings is 1. The molecule has 0 aliphatic carbocycles. The number of fused-ring (bicyclic) bond motifs is 1. The maximum Gasteiger partial charge on any atom is 0.253 e. The predicted octanol–water partition coefficient (Wildman–Crippen LogP) is 1.34. The highest BCUT2D eigenvalue weighted by molar-refractivity contribution is 5.94. The van der Waals surface area contributed by atoms with Gasteiger partial charge in [0.25, 0.3) is 5.91 Å². The van der Waals surface area contributed by atoms with Gasteiger partial charge in [-0.2, -0.15) is 0 Å². The molecule has 24 heavy (non-hydrogen) atoms. The van der Waals surface area contributed by atoms with E-state index in [2.05, 4.69) is 44.2 Å². The topological polar surface area (TPSA) is 84.7 Å². The van der Waals surface area contributed by atoms with Gasteiger partial charge in [-0.15, -0.1) is 10.2 Å². The van der Waals surface area contributed by atoms with Gasteiger partial charge in [-0.1, -0.05) is 13.8 Å². The van der Waals surface area contributed by atoms with Crippen molar-refractivity contribution in [3.8, 4) is 0 Å². The van der Waals surface area contributed by atoms with E-state index >= 15 is 0 Å². The summed E-state index contributed by atoms with van der Waals surface area (Å²) in [5.41, 5.74) is 0.559. The second-order valence-corrected chi connectivity index (χ2v) is 6.52. The first kappa shape index (κ1) is 16.6. The zero-order valence-electron chi connectivity index (χ0n) is 14.2. The largest absolute Gasteiger partial charge is 0.342 e. The fourth-order valence-corrected chi connectivity index (χ4v) is 2.99. The zero-order chi connectivity index (χ0) is 16.9. The molecule has 7 heteroatoms. The predicted molar refractivity (Wildman–Crippen MR) is 90.5 cm³/mol. The maximum atomic E-state index is 12.5. The molecule has 0 radical (unpaired) electrons. The first-order valence-electron chi connectivity index (χ1n) is 8.48. The molecule has 2 aromatic heterocycles. The molecule has 3 heterocycles. The van der Waals surface area contributed by atoms with E-state index in [9.17, 15) is 4.79 Å². The van der Waals surface area contributed by atoms with Crippen molar-refractivity contribution in [2.75, 3.05) is 13.1 Å². The number of carbonyl (C=O) groups is 1. The molecule has 0 saturated heterocycles. The van der Waals surface area contributed by atoms with E-state index in [0.29, 0.717) is 11.5 Å². The number of rotatable bonds is 5. The zero-order valence-corrected chi connectivity index (χ0v) is 14.2. The van der Waals surface area contributed by atoms with Gasteiger partial charge < -0.3 is 15.2 Å². The first-order chi connectivity index (χ1) is 11.6. The van der Waals surface area contributed by atoms with Crippen LogP contribution in [0.1, 0.15) is 48.3 Å². The van der Waals surface area contributed by atoms with Gasteiger partial charge in [0.05, 0.1) is 11.6 Å². The van der Waals surface area contributed by atoms with E-state index in [1.54, 1.807) is 24.5 Å². The monoisotopic (exact) mass is 328 g/mol. The van der Waals surface area contributed by atoms with E-state index in [1.165, 1.54) is 0 Å². The van der Waals surface area contributed by atoms with Crippen LogP contribution in [0.15, 0.2) is 24.5 Å². The second-order valence-electron chi connectivity index (χ2n) is 6.52. The van der Waals surface area contributed by atoms with E-state index < -0.39 is 0 Å². The molecule has 0 aromatic carbocycles. The van der Waals surface area contributed by atoms with E-state index in [-0.39, 0.29) is 11.9 Å². The first-order valence-corrected chi connectivity index (χ1v) is 8.48. The fraction of sp³-hybridized carbons (Fsp3) is 0.529. The number of hydrogen-bond acceptors (Lipinski definition) is 5. The lowest BCUT2D eigenvalue weighted by Crippen LogP contribution is -2.32. The third-order valence-corrected chi connectivity index (χ3v) is 4.14. The molecule has 7 nitrogen and oxygen atoms in total. The van der Waals surface area contributed by atoms with Gasteiger partial charge >= 0.3 is 0 Å². The van der Waals surface area contributed by atoms with Crippen LogP contribution >= 0.6 is 0 Å². The molecule has 0 saturated carbocycles. The molecular formula is C17H24N6O. The molecule has 2 N–H and O–H groups in total. The van der Waals surface area contributed by atoms with Crippen molar-refractivity contribution in [1.29, 1.82) is 0 Å². The molecule has 3 rings (SSSR count). The molecule has 1 atom stereocenters. The van der Waals surface area contributed by atoms with Crippen molar-refractivity contribution in [2.45, 2.75) is 39.3 Å². The highest BCUT2D eigenvalue weighted by Gasteiger charge is 2.25. The van der Waals surface area contributed by atoms with Gasteiger partial charge in [0, 0.05) is 38.4 Å². The Morgan fingerprint density at radius 2 is 2.25 bits per heavy atom. The summed E-state index contributed by atoms with van der Waals surface area (Å²) in [5.74, 6) is 2.14. The molecule has 0 fully saturated rings. The van der Waals surface area contributed by atoms with Crippen molar-refractivity contribution in [2.24, 2.45) is 5.92 Å². The average Bonchev–Trinajstić information content (AvgIpc) is 2.83. The van der Waals surface area contributed by atoms with Crippen molar-refractivity contribution < 1.29 is 4.79 Å². The number of nitrogens with zero attached hydrogens (tertiary/aromatic N) is 4. The standard InChI is InChI=1S/C17H24N6O/c1-12(2)10-14(20-17(24)13-4-3-6-19-11-13)16-22-21-15-5-7-18-8-9-23(15)16/h3-4,6,11-12,14,18H,5,7-10H2,1-2H3,(H,20,24)/t14-/m0/s1. The van der Waals surface area contributed by atoms with Crippen LogP contribution in [0.4, 0.5) is 0 Å². The average molecular weight is 328 g/mol. The van der Waals surface area contributed by atoms with Crippen LogP contribution in [0.3, 0.4) is 0 Å². The lowest BCUT2D eigenvalue weighted by atomic mass is 10.0. The molecule has 128 valence electrons. The molecule has 0 spiro atoms. The summed E-state index contributed by atoms with van der Waals surface area (Å²) in [6.07, 6.45) is 4.92. The Balaban J connectivity index is 1.84. The molecular weight excluding hydrogens is 304 g/mol. The summed E-state index contributed by atoms with van der Waals surface area (Å²) in [6.45, 7) is 6.92. The highest BCUT2D eigenvalue weighted by atomic mass is 16.1. The van der Waals surface area contributed by atoms with E-state index in [1.807, 2.05) is 0 Å². The molecule has 1 aliphatic rings. The number of aromatic nitrogens is 4. The summed E-state index contributed by atoms with van der Waals surface area (Å²) in [5, 5.41) is 15.2. The third-order valence-electron chi connectivity index (χ3n) is 4.14. The second kappa shape index (κ2) is 7.53. The van der Waals surface area contributed by atoms with E-state index in [4.69, 9.17) is 0 Å². The minimum Gasteiger partial charge on any atom is -0.342 e. The maximum absolute atomic E-state index is 12.5. The van der Waals surface area contributed by atoms with Gasteiger partial charge in [0.1, 0.15) is 5.82 Å². The Bertz CT molecular complexity index is 682. The summed E-state index contributed by atoms with van der Waals surface area (Å²) in [7, 11) is 0. The number of hydrogen-bond donors (Lipinski definition) is 2. The third kappa shape index (κ3) is 3.79.